The number of fused-ring (bicyclic) bond motifs is 1. The maximum atomic E-state index is 5.70. The summed E-state index contributed by atoms with van der Waals surface area (Å²) in [5, 5.41) is 0. The van der Waals surface area contributed by atoms with Crippen molar-refractivity contribution in [3.63, 3.8) is 0 Å². The highest BCUT2D eigenvalue weighted by Crippen LogP contribution is 2.22. The lowest BCUT2D eigenvalue weighted by Crippen LogP contribution is -2.19. The van der Waals surface area contributed by atoms with Crippen LogP contribution in [0.25, 0.3) is 16.9 Å². The van der Waals surface area contributed by atoms with E-state index in [1.54, 1.807) is 0 Å². The molecule has 0 aliphatic carbocycles. The van der Waals surface area contributed by atoms with Crippen molar-refractivity contribution in [2.45, 2.75) is 0 Å². The molecule has 0 atom stereocenters. The van der Waals surface area contributed by atoms with E-state index in [1.165, 1.54) is 0 Å². The van der Waals surface area contributed by atoms with E-state index in [2.05, 4.69) is 9.88 Å². The van der Waals surface area contributed by atoms with Crippen molar-refractivity contribution in [3.05, 3.63) is 54.9 Å². The van der Waals surface area contributed by atoms with Crippen molar-refractivity contribution in [1.82, 2.24) is 14.3 Å². The van der Waals surface area contributed by atoms with Crippen molar-refractivity contribution in [2.75, 3.05) is 27.2 Å². The molecule has 0 bridgehead atoms. The molecule has 2 heterocycles. The monoisotopic (exact) mass is 281 g/mol. The average Bonchev–Trinajstić information content (AvgIpc) is 2.91. The van der Waals surface area contributed by atoms with E-state index in [4.69, 9.17) is 4.74 Å². The molecule has 4 heteroatoms. The Labute approximate surface area is 124 Å². The fraction of sp³-hybridized carbons (Fsp3) is 0.235. The largest absolute Gasteiger partial charge is 0.492 e. The van der Waals surface area contributed by atoms with Crippen LogP contribution in [0.1, 0.15) is 0 Å². The minimum Gasteiger partial charge on any atom is -0.492 e. The molecule has 0 saturated heterocycles. The lowest BCUT2D eigenvalue weighted by Gasteiger charge is -2.11. The number of hydrogen-bond donors (Lipinski definition) is 0. The summed E-state index contributed by atoms with van der Waals surface area (Å²) in [5.41, 5.74) is 3.03. The number of hydrogen-bond acceptors (Lipinski definition) is 3. The smallest absolute Gasteiger partial charge is 0.137 e. The number of likely N-dealkylation sites (N-methyl/N-ethyl adjacent to an activating group) is 1. The minimum atomic E-state index is 0.695. The zero-order valence-corrected chi connectivity index (χ0v) is 12.4. The maximum absolute atomic E-state index is 5.70. The molecule has 21 heavy (non-hydrogen) atoms. The Balaban J connectivity index is 1.74. The van der Waals surface area contributed by atoms with Crippen LogP contribution in [0.4, 0.5) is 0 Å². The van der Waals surface area contributed by atoms with Gasteiger partial charge in [0.1, 0.15) is 18.0 Å². The van der Waals surface area contributed by atoms with Crippen molar-refractivity contribution in [2.24, 2.45) is 0 Å². The lowest BCUT2D eigenvalue weighted by molar-refractivity contribution is 0.261. The van der Waals surface area contributed by atoms with Gasteiger partial charge in [-0.3, -0.25) is 0 Å². The molecule has 0 unspecified atom stereocenters. The number of rotatable bonds is 5. The third-order valence-electron chi connectivity index (χ3n) is 3.32. The molecule has 0 amide bonds. The molecule has 2 aromatic heterocycles. The Morgan fingerprint density at radius 2 is 1.90 bits per heavy atom. The van der Waals surface area contributed by atoms with E-state index in [0.717, 1.165) is 29.2 Å². The van der Waals surface area contributed by atoms with Gasteiger partial charge in [-0.25, -0.2) is 4.98 Å². The normalized spacial score (nSPS) is 11.2. The standard InChI is InChI=1S/C17H19N3O/c1-19(2)11-12-21-15-8-6-14(7-9-15)16-13-20-10-4-3-5-17(20)18-16/h3-10,13H,11-12H2,1-2H3. The third kappa shape index (κ3) is 3.23. The lowest BCUT2D eigenvalue weighted by atomic mass is 10.2. The van der Waals surface area contributed by atoms with Gasteiger partial charge in [-0.05, 0) is 50.5 Å². The quantitative estimate of drug-likeness (QED) is 0.720. The second-order valence-corrected chi connectivity index (χ2v) is 5.27. The summed E-state index contributed by atoms with van der Waals surface area (Å²) < 4.78 is 7.72. The Morgan fingerprint density at radius 3 is 2.62 bits per heavy atom. The molecule has 108 valence electrons. The van der Waals surface area contributed by atoms with Crippen LogP contribution >= 0.6 is 0 Å². The number of aromatic nitrogens is 2. The summed E-state index contributed by atoms with van der Waals surface area (Å²) in [4.78, 5) is 6.72. The van der Waals surface area contributed by atoms with Crippen LogP contribution in [-0.4, -0.2) is 41.5 Å². The molecule has 0 aliphatic heterocycles. The maximum Gasteiger partial charge on any atom is 0.137 e. The summed E-state index contributed by atoms with van der Waals surface area (Å²) >= 11 is 0. The summed E-state index contributed by atoms with van der Waals surface area (Å²) in [7, 11) is 4.08. The molecule has 0 fully saturated rings. The summed E-state index contributed by atoms with van der Waals surface area (Å²) in [6.07, 6.45) is 4.04. The molecule has 1 aromatic carbocycles. The average molecular weight is 281 g/mol. The first-order valence-corrected chi connectivity index (χ1v) is 7.04. The summed E-state index contributed by atoms with van der Waals surface area (Å²) in [6, 6.07) is 14.1. The fourth-order valence-corrected chi connectivity index (χ4v) is 2.14. The molecule has 0 aliphatic rings. The minimum absolute atomic E-state index is 0.695. The Kier molecular flexibility index (Phi) is 3.88. The van der Waals surface area contributed by atoms with E-state index in [0.29, 0.717) is 6.61 Å². The Morgan fingerprint density at radius 1 is 1.10 bits per heavy atom. The second-order valence-electron chi connectivity index (χ2n) is 5.27. The highest BCUT2D eigenvalue weighted by molar-refractivity contribution is 5.63. The zero-order valence-electron chi connectivity index (χ0n) is 12.4. The van der Waals surface area contributed by atoms with Gasteiger partial charge in [0.2, 0.25) is 0 Å². The van der Waals surface area contributed by atoms with E-state index in [1.807, 2.05) is 73.4 Å². The van der Waals surface area contributed by atoms with Crippen LogP contribution in [0.3, 0.4) is 0 Å². The molecule has 4 nitrogen and oxygen atoms in total. The highest BCUT2D eigenvalue weighted by atomic mass is 16.5. The fourth-order valence-electron chi connectivity index (χ4n) is 2.14. The van der Waals surface area contributed by atoms with Gasteiger partial charge in [-0.1, -0.05) is 6.07 Å². The van der Waals surface area contributed by atoms with Gasteiger partial charge >= 0.3 is 0 Å². The van der Waals surface area contributed by atoms with E-state index < -0.39 is 0 Å². The molecular formula is C17H19N3O. The van der Waals surface area contributed by atoms with Gasteiger partial charge in [-0.2, -0.15) is 0 Å². The summed E-state index contributed by atoms with van der Waals surface area (Å²) in [6.45, 7) is 1.61. The van der Waals surface area contributed by atoms with Crippen LogP contribution < -0.4 is 4.74 Å². The van der Waals surface area contributed by atoms with Crippen molar-refractivity contribution in [3.8, 4) is 17.0 Å². The van der Waals surface area contributed by atoms with Crippen LogP contribution in [0.15, 0.2) is 54.9 Å². The van der Waals surface area contributed by atoms with Gasteiger partial charge < -0.3 is 14.0 Å². The second kappa shape index (κ2) is 5.97. The molecule has 0 N–H and O–H groups in total. The van der Waals surface area contributed by atoms with Crippen LogP contribution in [0.2, 0.25) is 0 Å². The van der Waals surface area contributed by atoms with Gasteiger partial charge in [0.05, 0.1) is 5.69 Å². The number of pyridine rings is 1. The number of nitrogens with zero attached hydrogens (tertiary/aromatic N) is 3. The molecule has 0 saturated carbocycles. The molecule has 3 aromatic rings. The van der Waals surface area contributed by atoms with E-state index >= 15 is 0 Å². The Bertz CT molecular complexity index is 683. The molecule has 0 radical (unpaired) electrons. The first-order valence-electron chi connectivity index (χ1n) is 7.04. The first-order chi connectivity index (χ1) is 10.2. The van der Waals surface area contributed by atoms with E-state index in [-0.39, 0.29) is 0 Å². The zero-order chi connectivity index (χ0) is 14.7. The predicted molar refractivity (Wildman–Crippen MR) is 84.7 cm³/mol. The van der Waals surface area contributed by atoms with Gasteiger partial charge in [0.25, 0.3) is 0 Å². The predicted octanol–water partition coefficient (Wildman–Crippen LogP) is 2.94. The van der Waals surface area contributed by atoms with Gasteiger partial charge in [0, 0.05) is 24.5 Å². The number of benzene rings is 1. The van der Waals surface area contributed by atoms with Crippen LogP contribution in [-0.2, 0) is 0 Å². The molecule has 3 rings (SSSR count). The summed E-state index contributed by atoms with van der Waals surface area (Å²) in [5.74, 6) is 0.893. The SMILES string of the molecule is CN(C)CCOc1ccc(-c2cn3ccccc3n2)cc1. The van der Waals surface area contributed by atoms with Crippen LogP contribution in [0, 0.1) is 0 Å². The van der Waals surface area contributed by atoms with Crippen LogP contribution in [0.5, 0.6) is 5.75 Å². The number of imidazole rings is 1. The van der Waals surface area contributed by atoms with Gasteiger partial charge in [-0.15, -0.1) is 0 Å². The molecule has 0 spiro atoms. The Hall–Kier alpha value is -2.33. The third-order valence-corrected chi connectivity index (χ3v) is 3.32. The number of ether oxygens (including phenoxy) is 1. The van der Waals surface area contributed by atoms with E-state index in [9.17, 15) is 0 Å². The first kappa shape index (κ1) is 13.6. The topological polar surface area (TPSA) is 29.8 Å². The highest BCUT2D eigenvalue weighted by Gasteiger charge is 2.04. The van der Waals surface area contributed by atoms with Crippen molar-refractivity contribution < 1.29 is 4.74 Å². The van der Waals surface area contributed by atoms with Crippen molar-refractivity contribution >= 4 is 5.65 Å². The van der Waals surface area contributed by atoms with Crippen molar-refractivity contribution in [1.29, 1.82) is 0 Å². The molecular weight excluding hydrogens is 262 g/mol. The van der Waals surface area contributed by atoms with Gasteiger partial charge in [0.15, 0.2) is 0 Å².